The third-order valence-electron chi connectivity index (χ3n) is 4.42. The van der Waals surface area contributed by atoms with Crippen LogP contribution in [-0.4, -0.2) is 54.6 Å². The summed E-state index contributed by atoms with van der Waals surface area (Å²) in [6.07, 6.45) is -6.76. The highest BCUT2D eigenvalue weighted by Crippen LogP contribution is 2.33. The summed E-state index contributed by atoms with van der Waals surface area (Å²) >= 11 is 0. The van der Waals surface area contributed by atoms with Crippen LogP contribution in [0.2, 0.25) is 0 Å². The number of ether oxygens (including phenoxy) is 2. The van der Waals surface area contributed by atoms with Crippen LogP contribution in [0.4, 0.5) is 0 Å². The van der Waals surface area contributed by atoms with Gasteiger partial charge in [0.2, 0.25) is 5.91 Å². The number of unbranched alkanes of at least 4 members (excludes halogenated alkanes) is 4. The Kier molecular flexibility index (Phi) is 3.94. The molecule has 2 N–H and O–H groups in total. The molecule has 1 fully saturated rings. The van der Waals surface area contributed by atoms with Crippen LogP contribution in [0.3, 0.4) is 0 Å². The Labute approximate surface area is 194 Å². The van der Waals surface area contributed by atoms with Crippen molar-refractivity contribution >= 4 is 5.91 Å². The van der Waals surface area contributed by atoms with E-state index in [0.29, 0.717) is 12.8 Å². The molecule has 0 unspecified atom stereocenters. The number of rotatable bonds is 11. The molecule has 2 aliphatic heterocycles. The molecule has 0 saturated carbocycles. The summed E-state index contributed by atoms with van der Waals surface area (Å²) in [6, 6.07) is -0.236. The van der Waals surface area contributed by atoms with E-state index in [1.54, 1.807) is 0 Å². The fraction of sp³-hybridized carbons (Fsp3) is 0.696. The monoisotopic (exact) mass is 418 g/mol. The molecule has 29 heavy (non-hydrogen) atoms. The Balaban J connectivity index is 2.07. The summed E-state index contributed by atoms with van der Waals surface area (Å²) in [5.74, 6) is -1.67. The number of hydrogen-bond donors (Lipinski definition) is 2. The second kappa shape index (κ2) is 11.4. The summed E-state index contributed by atoms with van der Waals surface area (Å²) in [7, 11) is 0. The van der Waals surface area contributed by atoms with E-state index in [9.17, 15) is 9.90 Å². The zero-order valence-electron chi connectivity index (χ0n) is 30.3. The molecular formula is C23H36N2O4. The fourth-order valence-corrected chi connectivity index (χ4v) is 2.89. The maximum atomic E-state index is 13.0. The van der Waals surface area contributed by atoms with Crippen molar-refractivity contribution < 1.29 is 38.6 Å². The average molecular weight is 419 g/mol. The minimum atomic E-state index is -3.48. The maximum absolute atomic E-state index is 13.0. The SMILES string of the molecule is [2H]C1([2H])Oc2ccc([C@@]([2H])(O)[C@@]([2H])(CN3C([2H])([2H])C([2H])([2H])C([2H])([2H])C3([2H])[2H])NC(=O)CCCCCCC)cc2OC1([2H])[2H]. The molecular weight excluding hydrogens is 368 g/mol. The lowest BCUT2D eigenvalue weighted by molar-refractivity contribution is -0.123. The van der Waals surface area contributed by atoms with Gasteiger partial charge in [-0.3, -0.25) is 4.79 Å². The molecule has 6 nitrogen and oxygen atoms in total. The molecule has 2 heterocycles. The number of aliphatic hydroxyl groups is 1. The number of carbonyl (C=O) groups excluding carboxylic acids is 1. The first-order valence-electron chi connectivity index (χ1n) is 16.7. The van der Waals surface area contributed by atoms with Crippen LogP contribution in [0, 0.1) is 0 Å². The number of nitrogens with one attached hydrogen (secondary N) is 1. The van der Waals surface area contributed by atoms with E-state index in [4.69, 9.17) is 28.7 Å². The van der Waals surface area contributed by atoms with Crippen molar-refractivity contribution in [3.8, 4) is 11.5 Å². The van der Waals surface area contributed by atoms with Crippen LogP contribution in [0.1, 0.15) is 89.0 Å². The van der Waals surface area contributed by atoms with Gasteiger partial charge in [-0.25, -0.2) is 0 Å². The van der Waals surface area contributed by atoms with Crippen LogP contribution in [-0.2, 0) is 4.79 Å². The van der Waals surface area contributed by atoms with Crippen molar-refractivity contribution in [2.45, 2.75) is 70.3 Å². The fourth-order valence-electron chi connectivity index (χ4n) is 2.89. The number of carbonyl (C=O) groups is 1. The molecule has 0 bridgehead atoms. The largest absolute Gasteiger partial charge is 0.486 e. The number of benzene rings is 1. The number of hydrogen-bond acceptors (Lipinski definition) is 5. The zero-order valence-corrected chi connectivity index (χ0v) is 16.3. The van der Waals surface area contributed by atoms with Gasteiger partial charge in [0, 0.05) is 23.9 Å². The number of fused-ring (bicyclic) bond motifs is 1. The van der Waals surface area contributed by atoms with Gasteiger partial charge >= 0.3 is 0 Å². The summed E-state index contributed by atoms with van der Waals surface area (Å²) in [6.45, 7) is -12.2. The molecule has 0 aromatic heterocycles. The molecule has 1 saturated heterocycles. The number of amides is 1. The topological polar surface area (TPSA) is 71.0 Å². The Morgan fingerprint density at radius 1 is 1.21 bits per heavy atom. The first-order chi connectivity index (χ1) is 19.3. The van der Waals surface area contributed by atoms with E-state index < -0.39 is 74.7 Å². The highest BCUT2D eigenvalue weighted by Gasteiger charge is 2.27. The van der Waals surface area contributed by atoms with Crippen LogP contribution in [0.15, 0.2) is 18.2 Å². The van der Waals surface area contributed by atoms with Crippen LogP contribution < -0.4 is 14.8 Å². The second-order valence-electron chi connectivity index (χ2n) is 6.67. The van der Waals surface area contributed by atoms with E-state index in [-0.39, 0.29) is 17.1 Å². The Morgan fingerprint density at radius 2 is 1.93 bits per heavy atom. The summed E-state index contributed by atoms with van der Waals surface area (Å²) in [5, 5.41) is 13.7. The van der Waals surface area contributed by atoms with Gasteiger partial charge in [-0.1, -0.05) is 38.7 Å². The van der Waals surface area contributed by atoms with Gasteiger partial charge in [0.05, 0.1) is 14.2 Å². The molecule has 0 aliphatic carbocycles. The third kappa shape index (κ3) is 6.61. The van der Waals surface area contributed by atoms with Gasteiger partial charge in [-0.05, 0) is 49.9 Å². The summed E-state index contributed by atoms with van der Waals surface area (Å²) in [4.78, 5) is 13.0. The third-order valence-corrected chi connectivity index (χ3v) is 4.42. The summed E-state index contributed by atoms with van der Waals surface area (Å²) in [5.41, 5.74) is -0.558. The predicted molar refractivity (Wildman–Crippen MR) is 113 cm³/mol. The minimum absolute atomic E-state index is 0.0270. The van der Waals surface area contributed by atoms with E-state index >= 15 is 0 Å². The molecule has 1 aromatic rings. The minimum Gasteiger partial charge on any atom is -0.486 e. The molecule has 162 valence electrons. The first-order valence-corrected chi connectivity index (χ1v) is 9.66. The van der Waals surface area contributed by atoms with Gasteiger partial charge in [0.15, 0.2) is 11.5 Å². The second-order valence-corrected chi connectivity index (χ2v) is 6.67. The first kappa shape index (κ1) is 10.0. The van der Waals surface area contributed by atoms with E-state index in [2.05, 4.69) is 5.32 Å². The number of likely N-dealkylation sites (tertiary alicyclic amines) is 1. The van der Waals surface area contributed by atoms with Gasteiger partial charge in [0.1, 0.15) is 19.2 Å². The predicted octanol–water partition coefficient (Wildman–Crippen LogP) is 3.43. The van der Waals surface area contributed by atoms with Crippen molar-refractivity contribution in [2.75, 3.05) is 32.7 Å². The number of nitrogens with zero attached hydrogens (tertiary/aromatic N) is 1. The molecule has 6 heteroatoms. The maximum Gasteiger partial charge on any atom is 0.220 e. The normalized spacial score (nSPS) is 38.1. The smallest absolute Gasteiger partial charge is 0.220 e. The molecule has 1 aromatic carbocycles. The lowest BCUT2D eigenvalue weighted by atomic mass is 10.0. The molecule has 0 spiro atoms. The molecule has 2 aliphatic rings. The average Bonchev–Trinajstić information content (AvgIpc) is 2.92. The highest BCUT2D eigenvalue weighted by molar-refractivity contribution is 5.76. The zero-order chi connectivity index (χ0) is 33.1. The quantitative estimate of drug-likeness (QED) is 0.539. The van der Waals surface area contributed by atoms with Crippen LogP contribution in [0.25, 0.3) is 0 Å². The molecule has 0 radical (unpaired) electrons. The van der Waals surface area contributed by atoms with Crippen molar-refractivity contribution in [2.24, 2.45) is 0 Å². The van der Waals surface area contributed by atoms with Gasteiger partial charge in [-0.15, -0.1) is 0 Å². The Morgan fingerprint density at radius 3 is 2.69 bits per heavy atom. The van der Waals surface area contributed by atoms with Crippen molar-refractivity contribution in [1.29, 1.82) is 0 Å². The Hall–Kier alpha value is -1.79. The molecule has 3 rings (SSSR count). The highest BCUT2D eigenvalue weighted by atomic mass is 16.6. The van der Waals surface area contributed by atoms with Crippen LogP contribution >= 0.6 is 0 Å². The van der Waals surface area contributed by atoms with Crippen molar-refractivity contribution in [3.05, 3.63) is 23.8 Å². The van der Waals surface area contributed by atoms with Crippen LogP contribution in [0.5, 0.6) is 11.5 Å². The van der Waals surface area contributed by atoms with Gasteiger partial charge < -0.3 is 24.8 Å². The van der Waals surface area contributed by atoms with Gasteiger partial charge in [-0.2, -0.15) is 0 Å². The van der Waals surface area contributed by atoms with Crippen molar-refractivity contribution in [3.63, 3.8) is 0 Å². The standard InChI is InChI=1S/C23H36N2O4/c1-2-3-4-5-6-9-22(26)24-19(17-25-12-7-8-13-25)23(27)18-10-11-20-21(16-18)29-15-14-28-20/h10-11,16,19,23,27H,2-9,12-15,17H2,1H3,(H,24,26)/t19-,23-/m1/s1/i7D2,8D2,12D2,13D2,14D2,15D2,19D,23D. The lowest BCUT2D eigenvalue weighted by Gasteiger charge is -2.29. The van der Waals surface area contributed by atoms with E-state index in [1.165, 1.54) is 0 Å². The van der Waals surface area contributed by atoms with Crippen molar-refractivity contribution in [1.82, 2.24) is 10.2 Å². The van der Waals surface area contributed by atoms with E-state index in [0.717, 1.165) is 37.5 Å². The Bertz CT molecular complexity index is 1190. The molecule has 1 amide bonds. The lowest BCUT2D eigenvalue weighted by Crippen LogP contribution is -2.46. The van der Waals surface area contributed by atoms with E-state index in [1.807, 2.05) is 6.92 Å². The van der Waals surface area contributed by atoms with Gasteiger partial charge in [0.25, 0.3) is 0 Å². The summed E-state index contributed by atoms with van der Waals surface area (Å²) < 4.78 is 124. The molecule has 2 atom stereocenters.